The van der Waals surface area contributed by atoms with E-state index < -0.39 is 5.91 Å². The van der Waals surface area contributed by atoms with Crippen molar-refractivity contribution in [3.63, 3.8) is 0 Å². The number of thiophene rings is 1. The van der Waals surface area contributed by atoms with Crippen LogP contribution in [0.5, 0.6) is 0 Å². The highest BCUT2D eigenvalue weighted by molar-refractivity contribution is 7.09. The van der Waals surface area contributed by atoms with Crippen LogP contribution in [-0.4, -0.2) is 31.8 Å². The number of aromatic nitrogens is 4. The number of hydrogen-bond donors (Lipinski definition) is 3. The van der Waals surface area contributed by atoms with E-state index in [1.165, 1.54) is 4.88 Å². The van der Waals surface area contributed by atoms with Crippen molar-refractivity contribution >= 4 is 28.7 Å². The molecule has 0 bridgehead atoms. The Morgan fingerprint density at radius 3 is 3.00 bits per heavy atom. The molecule has 0 aromatic carbocycles. The van der Waals surface area contributed by atoms with Crippen molar-refractivity contribution in [2.75, 3.05) is 11.9 Å². The Balaban J connectivity index is 1.64. The minimum absolute atomic E-state index is 0.380. The van der Waals surface area contributed by atoms with Gasteiger partial charge in [0.15, 0.2) is 5.82 Å². The minimum atomic E-state index is -0.507. The Labute approximate surface area is 177 Å². The van der Waals surface area contributed by atoms with Crippen LogP contribution in [0.25, 0.3) is 17.2 Å². The van der Waals surface area contributed by atoms with E-state index in [4.69, 9.17) is 15.7 Å². The third-order valence-electron chi connectivity index (χ3n) is 5.24. The molecule has 4 aromatic heterocycles. The van der Waals surface area contributed by atoms with Crippen molar-refractivity contribution in [3.8, 4) is 11.5 Å². The number of rotatable bonds is 5. The number of anilines is 1. The van der Waals surface area contributed by atoms with Crippen LogP contribution in [-0.2, 0) is 19.5 Å². The quantitative estimate of drug-likeness (QED) is 0.458. The minimum Gasteiger partial charge on any atom is -0.365 e. The summed E-state index contributed by atoms with van der Waals surface area (Å²) in [6.45, 7) is 4.22. The zero-order valence-electron chi connectivity index (χ0n) is 16.5. The van der Waals surface area contributed by atoms with Crippen LogP contribution >= 0.6 is 11.3 Å². The third-order valence-corrected chi connectivity index (χ3v) is 6.12. The van der Waals surface area contributed by atoms with Crippen LogP contribution in [0.1, 0.15) is 32.2 Å². The van der Waals surface area contributed by atoms with E-state index in [0.29, 0.717) is 23.6 Å². The average molecular weight is 420 g/mol. The highest BCUT2D eigenvalue weighted by atomic mass is 32.1. The van der Waals surface area contributed by atoms with E-state index in [-0.39, 0.29) is 0 Å². The highest BCUT2D eigenvalue weighted by Crippen LogP contribution is 2.28. The van der Waals surface area contributed by atoms with E-state index in [0.717, 1.165) is 48.0 Å². The molecule has 0 unspecified atom stereocenters. The molecule has 30 heavy (non-hydrogen) atoms. The van der Waals surface area contributed by atoms with Crippen LogP contribution in [0.2, 0.25) is 0 Å². The Kier molecular flexibility index (Phi) is 4.68. The van der Waals surface area contributed by atoms with Gasteiger partial charge < -0.3 is 16.4 Å². The largest absolute Gasteiger partial charge is 0.365 e. The van der Waals surface area contributed by atoms with Crippen LogP contribution < -0.4 is 16.4 Å². The van der Waals surface area contributed by atoms with E-state index >= 15 is 0 Å². The Morgan fingerprint density at radius 1 is 1.30 bits per heavy atom. The first-order valence-corrected chi connectivity index (χ1v) is 10.6. The summed E-state index contributed by atoms with van der Waals surface area (Å²) in [5.41, 5.74) is 10.1. The third kappa shape index (κ3) is 3.21. The number of fused-ring (bicyclic) bond motifs is 2. The fourth-order valence-electron chi connectivity index (χ4n) is 3.82. The smallest absolute Gasteiger partial charge is 0.252 e. The normalized spacial score (nSPS) is 13.4. The molecule has 8 nitrogen and oxygen atoms in total. The fourth-order valence-corrected chi connectivity index (χ4v) is 4.47. The van der Waals surface area contributed by atoms with E-state index in [1.807, 2.05) is 23.6 Å². The molecular formula is C21H21N7OS. The van der Waals surface area contributed by atoms with Gasteiger partial charge in [-0.15, -0.1) is 11.3 Å². The van der Waals surface area contributed by atoms with E-state index in [9.17, 15) is 4.79 Å². The average Bonchev–Trinajstić information content (AvgIpc) is 3.38. The molecule has 1 amide bonds. The van der Waals surface area contributed by atoms with Crippen molar-refractivity contribution in [2.24, 2.45) is 5.73 Å². The van der Waals surface area contributed by atoms with Crippen LogP contribution in [0, 0.1) is 6.92 Å². The van der Waals surface area contributed by atoms with Crippen molar-refractivity contribution in [3.05, 3.63) is 63.2 Å². The summed E-state index contributed by atoms with van der Waals surface area (Å²) in [7, 11) is 0. The molecule has 0 radical (unpaired) electrons. The molecule has 0 aliphatic carbocycles. The van der Waals surface area contributed by atoms with Gasteiger partial charge in [-0.25, -0.2) is 15.0 Å². The lowest BCUT2D eigenvalue weighted by molar-refractivity contribution is 0.100. The van der Waals surface area contributed by atoms with Gasteiger partial charge in [-0.1, -0.05) is 6.07 Å². The predicted molar refractivity (Wildman–Crippen MR) is 117 cm³/mol. The fraction of sp³-hybridized carbons (Fsp3) is 0.238. The lowest BCUT2D eigenvalue weighted by atomic mass is 10.1. The number of nitrogens with zero attached hydrogens (tertiary/aromatic N) is 4. The molecule has 0 saturated heterocycles. The Morgan fingerprint density at radius 2 is 2.20 bits per heavy atom. The Bertz CT molecular complexity index is 1250. The molecule has 0 saturated carbocycles. The summed E-state index contributed by atoms with van der Waals surface area (Å²) >= 11 is 1.71. The second-order valence-corrected chi connectivity index (χ2v) is 8.24. The van der Waals surface area contributed by atoms with Crippen molar-refractivity contribution in [2.45, 2.75) is 26.4 Å². The molecular weight excluding hydrogens is 398 g/mol. The van der Waals surface area contributed by atoms with Gasteiger partial charge in [0.05, 0.1) is 23.5 Å². The van der Waals surface area contributed by atoms with Gasteiger partial charge >= 0.3 is 0 Å². The van der Waals surface area contributed by atoms with Gasteiger partial charge in [0.1, 0.15) is 17.2 Å². The molecule has 0 spiro atoms. The summed E-state index contributed by atoms with van der Waals surface area (Å²) in [4.78, 5) is 27.4. The summed E-state index contributed by atoms with van der Waals surface area (Å²) in [5, 5.41) is 8.96. The van der Waals surface area contributed by atoms with E-state index in [1.54, 1.807) is 23.5 Å². The van der Waals surface area contributed by atoms with Crippen LogP contribution in [0.3, 0.4) is 0 Å². The molecule has 152 valence electrons. The van der Waals surface area contributed by atoms with Gasteiger partial charge in [0, 0.05) is 36.1 Å². The van der Waals surface area contributed by atoms with Gasteiger partial charge in [-0.05, 0) is 30.5 Å². The van der Waals surface area contributed by atoms with Gasteiger partial charge in [-0.3, -0.25) is 9.20 Å². The van der Waals surface area contributed by atoms with Crippen molar-refractivity contribution < 1.29 is 4.79 Å². The second kappa shape index (κ2) is 7.51. The van der Waals surface area contributed by atoms with Gasteiger partial charge in [0.2, 0.25) is 0 Å². The number of nitrogens with two attached hydrogens (primary N) is 1. The summed E-state index contributed by atoms with van der Waals surface area (Å²) < 4.78 is 1.85. The number of pyridine rings is 1. The second-order valence-electron chi connectivity index (χ2n) is 7.21. The molecule has 5 heterocycles. The van der Waals surface area contributed by atoms with Gasteiger partial charge in [0.25, 0.3) is 5.91 Å². The molecule has 9 heteroatoms. The van der Waals surface area contributed by atoms with Crippen LogP contribution in [0.15, 0.2) is 35.8 Å². The SMILES string of the molecule is Cc1nc2c(C(N)=O)cccn2c1-c1nc2c(c(NCc3cccs3)n1)CNCC2. The summed E-state index contributed by atoms with van der Waals surface area (Å²) in [6, 6.07) is 7.62. The molecule has 4 N–H and O–H groups in total. The van der Waals surface area contributed by atoms with Crippen molar-refractivity contribution in [1.29, 1.82) is 0 Å². The molecule has 5 rings (SSSR count). The standard InChI is InChI=1S/C21H21N7OS/c1-12-17(28-8-2-5-14(18(22)29)21(28)25-12)20-26-16-6-7-23-11-15(16)19(27-20)24-10-13-4-3-9-30-13/h2-5,8-9,23H,6-7,10-11H2,1H3,(H2,22,29)(H,24,26,27). The molecule has 1 aliphatic rings. The number of hydrogen-bond acceptors (Lipinski definition) is 7. The first-order valence-electron chi connectivity index (χ1n) is 9.76. The number of amides is 1. The predicted octanol–water partition coefficient (Wildman–Crippen LogP) is 2.52. The summed E-state index contributed by atoms with van der Waals surface area (Å²) in [5.74, 6) is 0.917. The van der Waals surface area contributed by atoms with Crippen molar-refractivity contribution in [1.82, 2.24) is 24.7 Å². The topological polar surface area (TPSA) is 110 Å². The lowest BCUT2D eigenvalue weighted by Crippen LogP contribution is -2.26. The molecule has 0 atom stereocenters. The summed E-state index contributed by atoms with van der Waals surface area (Å²) in [6.07, 6.45) is 2.70. The first kappa shape index (κ1) is 18.7. The Hall–Kier alpha value is -3.30. The number of nitrogens with one attached hydrogen (secondary N) is 2. The maximum absolute atomic E-state index is 11.8. The molecule has 4 aromatic rings. The van der Waals surface area contributed by atoms with E-state index in [2.05, 4.69) is 27.1 Å². The number of aryl methyl sites for hydroxylation is 1. The number of primary amides is 1. The number of carbonyl (C=O) groups excluding carboxylic acids is 1. The molecule has 1 aliphatic heterocycles. The number of carbonyl (C=O) groups is 1. The maximum atomic E-state index is 11.8. The zero-order valence-corrected chi connectivity index (χ0v) is 17.3. The van der Waals surface area contributed by atoms with Gasteiger partial charge in [-0.2, -0.15) is 0 Å². The zero-order chi connectivity index (χ0) is 20.7. The maximum Gasteiger partial charge on any atom is 0.252 e. The lowest BCUT2D eigenvalue weighted by Gasteiger charge is -2.20. The molecule has 0 fully saturated rings. The number of imidazole rings is 1. The van der Waals surface area contributed by atoms with Crippen LogP contribution in [0.4, 0.5) is 5.82 Å². The highest BCUT2D eigenvalue weighted by Gasteiger charge is 2.22. The first-order chi connectivity index (χ1) is 14.6. The monoisotopic (exact) mass is 419 g/mol.